The van der Waals surface area contributed by atoms with Crippen molar-refractivity contribution in [3.05, 3.63) is 0 Å². The van der Waals surface area contributed by atoms with Crippen molar-refractivity contribution in [3.63, 3.8) is 0 Å². The summed E-state index contributed by atoms with van der Waals surface area (Å²) in [6, 6.07) is 0. The van der Waals surface area contributed by atoms with Crippen molar-refractivity contribution in [2.75, 3.05) is 88.7 Å². The van der Waals surface area contributed by atoms with Crippen LogP contribution in [-0.4, -0.2) is 166 Å². The van der Waals surface area contributed by atoms with Crippen LogP contribution in [0.25, 0.3) is 0 Å². The summed E-state index contributed by atoms with van der Waals surface area (Å²) in [6.07, 6.45) is 4.25. The number of thioether (sulfide) groups is 8. The van der Waals surface area contributed by atoms with Gasteiger partial charge in [0.15, 0.2) is 6.29 Å². The second kappa shape index (κ2) is 40.6. The lowest BCUT2D eigenvalue weighted by molar-refractivity contribution is -0.156. The van der Waals surface area contributed by atoms with Crippen molar-refractivity contribution in [1.82, 2.24) is 0 Å². The van der Waals surface area contributed by atoms with Gasteiger partial charge in [0.2, 0.25) is 0 Å². The SMILES string of the molecule is COC(=O)CC(OC)OC.COC(=O)CC1SCCCS1.COC(=O)CC1SCCS1.COC(=O)CC=O.O=C(O)CC1SCCCS1.O=C(O)CC1SCCS1.[H+].[H+]. The van der Waals surface area contributed by atoms with Crippen LogP contribution in [0.1, 0.15) is 54.2 Å². The first-order chi connectivity index (χ1) is 27.3. The molecule has 4 aliphatic rings. The molecule has 4 heterocycles. The zero-order valence-electron chi connectivity index (χ0n) is 35.2. The van der Waals surface area contributed by atoms with Crippen molar-refractivity contribution in [1.29, 1.82) is 0 Å². The molecule has 4 aliphatic heterocycles. The molecule has 0 saturated carbocycles. The summed E-state index contributed by atoms with van der Waals surface area (Å²) in [7, 11) is 8.39. The number of ether oxygens (including phenoxy) is 6. The predicted octanol–water partition coefficient (Wildman–Crippen LogP) is 6.17. The number of carboxylic acids is 2. The fourth-order valence-corrected chi connectivity index (χ4v) is 14.9. The van der Waals surface area contributed by atoms with Gasteiger partial charge in [-0.1, -0.05) is 0 Å². The summed E-state index contributed by atoms with van der Waals surface area (Å²) >= 11 is 14.5. The summed E-state index contributed by atoms with van der Waals surface area (Å²) in [5, 5.41) is 16.8. The first kappa shape index (κ1) is 58.3. The molecule has 4 rings (SSSR count). The van der Waals surface area contributed by atoms with Gasteiger partial charge in [0, 0.05) is 37.2 Å². The lowest BCUT2D eigenvalue weighted by atomic mass is 10.4. The van der Waals surface area contributed by atoms with E-state index in [1.165, 1.54) is 78.5 Å². The van der Waals surface area contributed by atoms with E-state index < -0.39 is 24.2 Å². The van der Waals surface area contributed by atoms with E-state index in [-0.39, 0.29) is 33.6 Å². The second-order valence-corrected chi connectivity index (χ2v) is 22.5. The highest BCUT2D eigenvalue weighted by molar-refractivity contribution is 8.20. The standard InChI is InChI=1S/C7H12O2S2.C6H12O4.2C6H10O2S2.C5H8O2S2.C4H6O3/c1-9-6(8)5-7-10-3-2-4-11-7;1-8-5(7)4-6(9-2)10-3;1-8-5(7)4-6-9-2-3-10-6;7-5(8)4-6-9-2-1-3-10-6;6-4(7)3-5-8-1-2-9-5;1-7-4(6)2-3-5/h7H,2-5H2,1H3;6H,4H2,1-3H3;6H,2-4H2,1H3;6H,1-4H2,(H,7,8);5H,1-3H2,(H,6,7);3H,2H2,1H3/p+2. The zero-order chi connectivity index (χ0) is 43.3. The monoisotopic (exact) mass is 964 g/mol. The lowest BCUT2D eigenvalue weighted by Gasteiger charge is -2.19. The van der Waals surface area contributed by atoms with Gasteiger partial charge in [-0.05, 0) is 35.9 Å². The Hall–Kier alpha value is -0.790. The molecule has 332 valence electrons. The molecule has 0 aromatic rings. The average Bonchev–Trinajstić information content (AvgIpc) is 3.93. The highest BCUT2D eigenvalue weighted by atomic mass is 32.2. The molecule has 0 spiro atoms. The molecule has 0 unspecified atom stereocenters. The van der Waals surface area contributed by atoms with Crippen LogP contribution in [0.4, 0.5) is 0 Å². The number of methoxy groups -OCH3 is 6. The Morgan fingerprint density at radius 2 is 0.807 bits per heavy atom. The molecule has 0 bridgehead atoms. The smallest absolute Gasteiger partial charge is 0.481 e. The number of hydrogen-bond donors (Lipinski definition) is 2. The predicted molar refractivity (Wildman–Crippen MR) is 241 cm³/mol. The normalized spacial score (nSPS) is 16.8. The van der Waals surface area contributed by atoms with E-state index in [4.69, 9.17) is 19.7 Å². The molecule has 23 heteroatoms. The Labute approximate surface area is 373 Å². The van der Waals surface area contributed by atoms with Crippen LogP contribution < -0.4 is 0 Å². The van der Waals surface area contributed by atoms with Crippen molar-refractivity contribution in [2.24, 2.45) is 0 Å². The molecule has 0 aromatic carbocycles. The van der Waals surface area contributed by atoms with Gasteiger partial charge in [-0.3, -0.25) is 28.8 Å². The van der Waals surface area contributed by atoms with E-state index in [2.05, 4.69) is 18.9 Å². The Morgan fingerprint density at radius 3 is 1.05 bits per heavy atom. The van der Waals surface area contributed by atoms with Crippen LogP contribution in [0.2, 0.25) is 0 Å². The minimum Gasteiger partial charge on any atom is -0.481 e. The molecule has 0 amide bonds. The largest absolute Gasteiger partial charge is 1.00 e. The number of aliphatic carboxylic acids is 2. The third kappa shape index (κ3) is 37.9. The van der Waals surface area contributed by atoms with E-state index in [1.807, 2.05) is 47.0 Å². The summed E-state index contributed by atoms with van der Waals surface area (Å²) in [6.45, 7) is 0. The molecule has 0 atom stereocenters. The Balaban J connectivity index is -0.000000307. The van der Waals surface area contributed by atoms with Gasteiger partial charge in [0.05, 0.1) is 78.9 Å². The number of hydrogen-bond acceptors (Lipinski definition) is 21. The molecule has 15 nitrogen and oxygen atoms in total. The number of esters is 4. The van der Waals surface area contributed by atoms with Crippen molar-refractivity contribution in [2.45, 2.75) is 76.0 Å². The number of carbonyl (C=O) groups is 7. The van der Waals surface area contributed by atoms with Crippen LogP contribution in [-0.2, 0) is 62.0 Å². The molecular weight excluding hydrogens is 905 g/mol. The molecule has 0 aliphatic carbocycles. The first-order valence-electron chi connectivity index (χ1n) is 17.4. The molecule has 4 fully saturated rings. The van der Waals surface area contributed by atoms with E-state index in [0.717, 1.165) is 23.0 Å². The van der Waals surface area contributed by atoms with Gasteiger partial charge in [-0.25, -0.2) is 0 Å². The summed E-state index contributed by atoms with van der Waals surface area (Å²) in [5.74, 6) is 6.85. The highest BCUT2D eigenvalue weighted by Gasteiger charge is 2.21. The van der Waals surface area contributed by atoms with Gasteiger partial charge in [0.25, 0.3) is 0 Å². The summed E-state index contributed by atoms with van der Waals surface area (Å²) in [5.41, 5.74) is 0. The number of carbonyl (C=O) groups excluding carboxylic acids is 5. The fraction of sp³-hybridized carbons (Fsp3) is 0.794. The Bertz CT molecular complexity index is 1090. The Kier molecular flexibility index (Phi) is 41.5. The second-order valence-electron chi connectivity index (χ2n) is 10.8. The van der Waals surface area contributed by atoms with Crippen molar-refractivity contribution in [3.8, 4) is 0 Å². The Morgan fingerprint density at radius 1 is 0.509 bits per heavy atom. The lowest BCUT2D eigenvalue weighted by Crippen LogP contribution is -2.18. The summed E-state index contributed by atoms with van der Waals surface area (Å²) in [4.78, 5) is 71.9. The minimum absolute atomic E-state index is 0. The van der Waals surface area contributed by atoms with E-state index in [9.17, 15) is 33.6 Å². The van der Waals surface area contributed by atoms with Crippen LogP contribution >= 0.6 is 94.1 Å². The van der Waals surface area contributed by atoms with E-state index in [0.29, 0.717) is 50.3 Å². The van der Waals surface area contributed by atoms with Crippen LogP contribution in [0.5, 0.6) is 0 Å². The zero-order valence-corrected chi connectivity index (χ0v) is 39.8. The third-order valence-corrected chi connectivity index (χ3v) is 18.5. The quantitative estimate of drug-likeness (QED) is 0.0655. The van der Waals surface area contributed by atoms with E-state index in [1.54, 1.807) is 47.0 Å². The number of rotatable bonds is 14. The molecular formula is C34H60O15S8+2. The van der Waals surface area contributed by atoms with Crippen molar-refractivity contribution < 1.29 is 75.0 Å². The summed E-state index contributed by atoms with van der Waals surface area (Å²) < 4.78 is 28.7. The highest BCUT2D eigenvalue weighted by Crippen LogP contribution is 2.35. The fourth-order valence-electron chi connectivity index (χ4n) is 3.72. The van der Waals surface area contributed by atoms with E-state index >= 15 is 0 Å². The topological polar surface area (TPSA) is 215 Å². The molecule has 4 saturated heterocycles. The van der Waals surface area contributed by atoms with Crippen molar-refractivity contribution >= 4 is 136 Å². The van der Waals surface area contributed by atoms with Gasteiger partial charge in [0.1, 0.15) is 12.7 Å². The maximum atomic E-state index is 10.8. The number of carboxylic acid groups (broad SMARTS) is 2. The van der Waals surface area contributed by atoms with Crippen LogP contribution in [0.15, 0.2) is 0 Å². The molecule has 0 radical (unpaired) electrons. The minimum atomic E-state index is -0.679. The number of aldehydes is 1. The van der Waals surface area contributed by atoms with Gasteiger partial charge < -0.3 is 43.4 Å². The molecule has 0 aromatic heterocycles. The first-order valence-corrected chi connectivity index (χ1v) is 25.8. The van der Waals surface area contributed by atoms with Crippen LogP contribution in [0.3, 0.4) is 0 Å². The maximum absolute atomic E-state index is 10.8. The maximum Gasteiger partial charge on any atom is 1.00 e. The average molecular weight is 965 g/mol. The molecule has 2 N–H and O–H groups in total. The third-order valence-electron chi connectivity index (χ3n) is 6.54. The van der Waals surface area contributed by atoms with Gasteiger partial charge >= 0.3 is 38.7 Å². The van der Waals surface area contributed by atoms with Crippen LogP contribution in [0, 0.1) is 0 Å². The van der Waals surface area contributed by atoms with Gasteiger partial charge in [-0.2, -0.15) is 0 Å². The van der Waals surface area contributed by atoms with Gasteiger partial charge in [-0.15, -0.1) is 94.1 Å². The molecule has 57 heavy (non-hydrogen) atoms.